The van der Waals surface area contributed by atoms with Gasteiger partial charge in [0.15, 0.2) is 11.9 Å². The molecule has 1 aliphatic rings. The van der Waals surface area contributed by atoms with E-state index in [0.717, 1.165) is 24.2 Å². The summed E-state index contributed by atoms with van der Waals surface area (Å²) in [6.45, 7) is 1.53. The van der Waals surface area contributed by atoms with E-state index in [9.17, 15) is 14.4 Å². The van der Waals surface area contributed by atoms with Crippen molar-refractivity contribution in [2.45, 2.75) is 50.0 Å². The van der Waals surface area contributed by atoms with Crippen molar-refractivity contribution < 1.29 is 19.1 Å². The number of fused-ring (bicyclic) bond motifs is 1. The van der Waals surface area contributed by atoms with Gasteiger partial charge in [0.1, 0.15) is 0 Å². The topological polar surface area (TPSA) is 72.5 Å². The lowest BCUT2D eigenvalue weighted by molar-refractivity contribution is -0.153. The Labute approximate surface area is 175 Å². The number of carbonyl (C=O) groups is 3. The van der Waals surface area contributed by atoms with Gasteiger partial charge in [-0.3, -0.25) is 14.4 Å². The van der Waals surface area contributed by atoms with Crippen molar-refractivity contribution in [1.82, 2.24) is 0 Å². The highest BCUT2D eigenvalue weighted by atomic mass is 32.2. The van der Waals surface area contributed by atoms with Crippen LogP contribution < -0.4 is 5.32 Å². The van der Waals surface area contributed by atoms with Crippen molar-refractivity contribution in [1.29, 1.82) is 0 Å². The Hall–Kier alpha value is -2.60. The molecule has 2 aromatic carbocycles. The van der Waals surface area contributed by atoms with Gasteiger partial charge in [-0.25, -0.2) is 0 Å². The summed E-state index contributed by atoms with van der Waals surface area (Å²) < 4.78 is 5.19. The second-order valence-electron chi connectivity index (χ2n) is 7.11. The molecule has 0 saturated heterocycles. The second kappa shape index (κ2) is 9.74. The maximum atomic E-state index is 12.3. The lowest BCUT2D eigenvalue weighted by Crippen LogP contribution is -2.30. The number of nitrogens with one attached hydrogen (secondary N) is 1. The molecule has 0 aromatic heterocycles. The van der Waals surface area contributed by atoms with Crippen molar-refractivity contribution in [2.24, 2.45) is 0 Å². The van der Waals surface area contributed by atoms with Crippen LogP contribution in [0, 0.1) is 0 Å². The number of anilines is 1. The van der Waals surface area contributed by atoms with E-state index < -0.39 is 12.1 Å². The quantitative estimate of drug-likeness (QED) is 0.395. The summed E-state index contributed by atoms with van der Waals surface area (Å²) in [5.74, 6) is -1.06. The van der Waals surface area contributed by atoms with Gasteiger partial charge in [-0.2, -0.15) is 0 Å². The molecule has 0 aliphatic heterocycles. The number of thioether (sulfide) groups is 1. The second-order valence-corrected chi connectivity index (χ2v) is 7.99. The number of rotatable bonds is 8. The van der Waals surface area contributed by atoms with E-state index in [4.69, 9.17) is 4.74 Å². The number of hydrogen-bond donors (Lipinski definition) is 1. The van der Waals surface area contributed by atoms with Gasteiger partial charge in [0.25, 0.3) is 5.91 Å². The van der Waals surface area contributed by atoms with E-state index in [1.807, 2.05) is 36.6 Å². The van der Waals surface area contributed by atoms with Crippen LogP contribution in [0.4, 0.5) is 5.69 Å². The first-order chi connectivity index (χ1) is 14.0. The molecular formula is C23H25NO4S. The highest BCUT2D eigenvalue weighted by Crippen LogP contribution is 2.25. The lowest BCUT2D eigenvalue weighted by Gasteiger charge is -2.14. The predicted molar refractivity (Wildman–Crippen MR) is 114 cm³/mol. The highest BCUT2D eigenvalue weighted by Gasteiger charge is 2.20. The summed E-state index contributed by atoms with van der Waals surface area (Å²) in [6.07, 6.45) is 4.29. The summed E-state index contributed by atoms with van der Waals surface area (Å²) >= 11 is 1.60. The van der Waals surface area contributed by atoms with Crippen LogP contribution in [-0.4, -0.2) is 30.0 Å². The number of hydrogen-bond acceptors (Lipinski definition) is 5. The maximum Gasteiger partial charge on any atom is 0.307 e. The number of Topliss-reactive ketones (excluding diaryl/α,β-unsaturated/α-hetero) is 1. The van der Waals surface area contributed by atoms with Gasteiger partial charge in [-0.1, -0.05) is 18.2 Å². The number of esters is 1. The number of ketones is 1. The van der Waals surface area contributed by atoms with Gasteiger partial charge < -0.3 is 10.1 Å². The molecule has 0 bridgehead atoms. The third-order valence-corrected chi connectivity index (χ3v) is 5.76. The lowest BCUT2D eigenvalue weighted by atomic mass is 10.1. The molecule has 1 N–H and O–H groups in total. The minimum Gasteiger partial charge on any atom is -0.453 e. The van der Waals surface area contributed by atoms with Crippen molar-refractivity contribution in [2.75, 3.05) is 11.6 Å². The molecule has 0 radical (unpaired) electrons. The first-order valence-electron chi connectivity index (χ1n) is 9.75. The molecule has 1 atom stereocenters. The fourth-order valence-corrected chi connectivity index (χ4v) is 3.75. The van der Waals surface area contributed by atoms with Crippen LogP contribution in [0.15, 0.2) is 47.4 Å². The van der Waals surface area contributed by atoms with E-state index in [-0.39, 0.29) is 24.5 Å². The summed E-state index contributed by atoms with van der Waals surface area (Å²) in [4.78, 5) is 37.6. The highest BCUT2D eigenvalue weighted by molar-refractivity contribution is 7.98. The molecule has 3 rings (SSSR count). The standard InChI is InChI=1S/C23H25NO4S/c1-15(23(27)24-19-9-6-16-4-3-5-18(16)14-19)28-22(26)13-12-21(25)17-7-10-20(29-2)11-8-17/h6-11,14-15H,3-5,12-13H2,1-2H3,(H,24,27)/t15-/m0/s1. The van der Waals surface area contributed by atoms with Gasteiger partial charge >= 0.3 is 5.97 Å². The van der Waals surface area contributed by atoms with Crippen molar-refractivity contribution >= 4 is 35.1 Å². The van der Waals surface area contributed by atoms with Crippen LogP contribution in [0.5, 0.6) is 0 Å². The first-order valence-corrected chi connectivity index (χ1v) is 11.0. The smallest absolute Gasteiger partial charge is 0.307 e. The van der Waals surface area contributed by atoms with Crippen molar-refractivity contribution in [3.05, 3.63) is 59.2 Å². The average molecular weight is 412 g/mol. The first kappa shape index (κ1) is 21.1. The molecule has 0 heterocycles. The summed E-state index contributed by atoms with van der Waals surface area (Å²) in [5, 5.41) is 2.79. The van der Waals surface area contributed by atoms with Gasteiger partial charge in [-0.05, 0) is 67.8 Å². The largest absolute Gasteiger partial charge is 0.453 e. The molecule has 0 spiro atoms. The SMILES string of the molecule is CSc1ccc(C(=O)CCC(=O)O[C@@H](C)C(=O)Nc2ccc3c(c2)CCC3)cc1. The Balaban J connectivity index is 1.45. The molecule has 5 nitrogen and oxygen atoms in total. The Morgan fingerprint density at radius 3 is 2.48 bits per heavy atom. The molecule has 29 heavy (non-hydrogen) atoms. The molecule has 0 saturated carbocycles. The molecule has 2 aromatic rings. The number of carbonyl (C=O) groups excluding carboxylic acids is 3. The third-order valence-electron chi connectivity index (χ3n) is 5.01. The zero-order valence-corrected chi connectivity index (χ0v) is 17.5. The van der Waals surface area contributed by atoms with E-state index in [1.165, 1.54) is 18.1 Å². The minimum atomic E-state index is -0.924. The number of ether oxygens (including phenoxy) is 1. The zero-order chi connectivity index (χ0) is 20.8. The number of aryl methyl sites for hydroxylation is 2. The van der Waals surface area contributed by atoms with E-state index in [2.05, 4.69) is 5.32 Å². The maximum absolute atomic E-state index is 12.3. The fraction of sp³-hybridized carbons (Fsp3) is 0.348. The van der Waals surface area contributed by atoms with E-state index in [0.29, 0.717) is 11.3 Å². The Morgan fingerprint density at radius 2 is 1.76 bits per heavy atom. The van der Waals surface area contributed by atoms with Crippen LogP contribution in [0.25, 0.3) is 0 Å². The summed E-state index contributed by atoms with van der Waals surface area (Å²) in [5.41, 5.74) is 3.87. The van der Waals surface area contributed by atoms with Gasteiger partial charge in [0.05, 0.1) is 6.42 Å². The number of benzene rings is 2. The summed E-state index contributed by atoms with van der Waals surface area (Å²) in [7, 11) is 0. The number of amides is 1. The molecule has 1 aliphatic carbocycles. The molecule has 0 fully saturated rings. The average Bonchev–Trinajstić information content (AvgIpc) is 3.19. The van der Waals surface area contributed by atoms with Crippen molar-refractivity contribution in [3.63, 3.8) is 0 Å². The predicted octanol–water partition coefficient (Wildman–Crippen LogP) is 4.43. The molecule has 0 unspecified atom stereocenters. The van der Waals surface area contributed by atoms with Crippen LogP contribution in [-0.2, 0) is 27.2 Å². The van der Waals surface area contributed by atoms with Crippen LogP contribution in [0.2, 0.25) is 0 Å². The van der Waals surface area contributed by atoms with Gasteiger partial charge in [0, 0.05) is 22.6 Å². The van der Waals surface area contributed by atoms with Gasteiger partial charge in [0.2, 0.25) is 0 Å². The normalized spacial score (nSPS) is 13.4. The monoisotopic (exact) mass is 411 g/mol. The van der Waals surface area contributed by atoms with E-state index >= 15 is 0 Å². The Kier molecular flexibility index (Phi) is 7.09. The zero-order valence-electron chi connectivity index (χ0n) is 16.7. The minimum absolute atomic E-state index is 0.0522. The van der Waals surface area contributed by atoms with Gasteiger partial charge in [-0.15, -0.1) is 11.8 Å². The molecule has 6 heteroatoms. The molecule has 152 valence electrons. The Bertz CT molecular complexity index is 908. The summed E-state index contributed by atoms with van der Waals surface area (Å²) in [6, 6.07) is 13.2. The van der Waals surface area contributed by atoms with Crippen LogP contribution >= 0.6 is 11.8 Å². The Morgan fingerprint density at radius 1 is 1.03 bits per heavy atom. The van der Waals surface area contributed by atoms with Crippen LogP contribution in [0.3, 0.4) is 0 Å². The van der Waals surface area contributed by atoms with Crippen molar-refractivity contribution in [3.8, 4) is 0 Å². The van der Waals surface area contributed by atoms with Crippen LogP contribution in [0.1, 0.15) is 47.7 Å². The fourth-order valence-electron chi connectivity index (χ4n) is 3.34. The third kappa shape index (κ3) is 5.70. The molecular weight excluding hydrogens is 386 g/mol. The molecule has 1 amide bonds. The van der Waals surface area contributed by atoms with E-state index in [1.54, 1.807) is 23.9 Å².